The Bertz CT molecular complexity index is 796. The van der Waals surface area contributed by atoms with Crippen LogP contribution in [0.2, 0.25) is 0 Å². The van der Waals surface area contributed by atoms with Gasteiger partial charge in [-0.1, -0.05) is 44.2 Å². The molecule has 0 atom stereocenters. The van der Waals surface area contributed by atoms with Crippen molar-refractivity contribution in [3.05, 3.63) is 42.0 Å². The van der Waals surface area contributed by atoms with E-state index in [0.29, 0.717) is 5.56 Å². The normalized spacial score (nSPS) is 16.5. The van der Waals surface area contributed by atoms with Crippen molar-refractivity contribution in [2.24, 2.45) is 5.92 Å². The molecule has 1 aromatic heterocycles. The van der Waals surface area contributed by atoms with E-state index in [4.69, 9.17) is 0 Å². The fourth-order valence-corrected chi connectivity index (χ4v) is 3.76. The molecule has 4 rings (SSSR count). The number of carbonyl (C=O) groups is 1. The van der Waals surface area contributed by atoms with Crippen molar-refractivity contribution in [1.82, 2.24) is 15.8 Å². The predicted octanol–water partition coefficient (Wildman–Crippen LogP) is 4.20. The second kappa shape index (κ2) is 7.74. The third-order valence-corrected chi connectivity index (χ3v) is 5.26. The minimum absolute atomic E-state index is 0. The smallest absolute Gasteiger partial charge is 0.251 e. The molecule has 0 bridgehead atoms. The van der Waals surface area contributed by atoms with Gasteiger partial charge in [0.2, 0.25) is 0 Å². The van der Waals surface area contributed by atoms with E-state index in [1.165, 1.54) is 32.1 Å². The molecule has 2 aromatic rings. The van der Waals surface area contributed by atoms with Crippen molar-refractivity contribution in [1.29, 1.82) is 0 Å². The monoisotopic (exact) mass is 355 g/mol. The Morgan fingerprint density at radius 1 is 1.15 bits per heavy atom. The Balaban J connectivity index is 0.00000140. The van der Waals surface area contributed by atoms with E-state index in [1.54, 1.807) is 0 Å². The minimum atomic E-state index is -0.00900. The van der Waals surface area contributed by atoms with Crippen LogP contribution in [0.25, 0.3) is 11.3 Å². The van der Waals surface area contributed by atoms with E-state index in [-0.39, 0.29) is 8.76 Å². The molecule has 1 amide bonds. The Hall–Kier alpha value is -2.60. The lowest BCUT2D eigenvalue weighted by Crippen LogP contribution is -2.26. The molecule has 4 N–H and O–H groups in total. The minimum Gasteiger partial charge on any atom is -0.352 e. The number of hydrogen-bond donors (Lipinski definition) is 4. The lowest BCUT2D eigenvalue weighted by molar-refractivity contribution is 0.0950. The van der Waals surface area contributed by atoms with Gasteiger partial charge >= 0.3 is 0 Å². The van der Waals surface area contributed by atoms with Crippen molar-refractivity contribution < 1.29 is 7.65 Å². The highest BCUT2D eigenvalue weighted by Gasteiger charge is 2.15. The van der Waals surface area contributed by atoms with E-state index in [0.717, 1.165) is 41.6 Å². The van der Waals surface area contributed by atoms with Gasteiger partial charge < -0.3 is 10.7 Å². The summed E-state index contributed by atoms with van der Waals surface area (Å²) in [5, 5.41) is 3.07. The predicted molar refractivity (Wildman–Crippen MR) is 108 cm³/mol. The number of amides is 1. The van der Waals surface area contributed by atoms with Gasteiger partial charge in [-0.05, 0) is 36.6 Å². The van der Waals surface area contributed by atoms with Gasteiger partial charge in [-0.2, -0.15) is 0 Å². The summed E-state index contributed by atoms with van der Waals surface area (Å²) in [6, 6.07) is 11.5. The lowest BCUT2D eigenvalue weighted by atomic mass is 9.87. The van der Waals surface area contributed by atoms with Gasteiger partial charge in [-0.3, -0.25) is 10.2 Å². The summed E-state index contributed by atoms with van der Waals surface area (Å²) in [7, 11) is 0. The number of anilines is 2. The number of nitrogens with one attached hydrogen (secondary N) is 4. The van der Waals surface area contributed by atoms with E-state index in [1.807, 2.05) is 36.4 Å². The number of hydrazine groups is 2. The molecule has 6 heteroatoms. The van der Waals surface area contributed by atoms with E-state index >= 15 is 0 Å². The molecule has 1 aliphatic carbocycles. The second-order valence-electron chi connectivity index (χ2n) is 7.10. The Morgan fingerprint density at radius 2 is 2.04 bits per heavy atom. The average molecular weight is 355 g/mol. The van der Waals surface area contributed by atoms with Crippen molar-refractivity contribution in [2.75, 3.05) is 17.4 Å². The van der Waals surface area contributed by atoms with Gasteiger partial charge in [0.25, 0.3) is 5.91 Å². The van der Waals surface area contributed by atoms with Crippen LogP contribution in [0.15, 0.2) is 36.4 Å². The summed E-state index contributed by atoms with van der Waals surface area (Å²) >= 11 is 0. The van der Waals surface area contributed by atoms with Gasteiger partial charge in [0.15, 0.2) is 5.82 Å². The van der Waals surface area contributed by atoms with Crippen molar-refractivity contribution in [2.45, 2.75) is 38.5 Å². The zero-order chi connectivity index (χ0) is 17.8. The molecule has 2 aliphatic rings. The molecule has 1 aliphatic heterocycles. The molecule has 140 valence electrons. The Kier molecular flexibility index (Phi) is 5.02. The molecule has 6 nitrogen and oxygen atoms in total. The molecule has 0 unspecified atom stereocenters. The van der Waals surface area contributed by atoms with Crippen LogP contribution in [0.5, 0.6) is 0 Å². The maximum absolute atomic E-state index is 12.5. The number of carbonyl (C=O) groups excluding carboxylic acids is 1. The van der Waals surface area contributed by atoms with Gasteiger partial charge in [0.05, 0.1) is 11.4 Å². The maximum atomic E-state index is 12.5. The van der Waals surface area contributed by atoms with Crippen LogP contribution in [-0.2, 0) is 0 Å². The third-order valence-electron chi connectivity index (χ3n) is 5.26. The molecule has 2 heterocycles. The highest BCUT2D eigenvalue weighted by molar-refractivity contribution is 5.95. The molecular weight excluding hydrogens is 326 g/mol. The molecular formula is C20H29N5O. The van der Waals surface area contributed by atoms with Crippen LogP contribution in [0.1, 0.15) is 51.7 Å². The zero-order valence-corrected chi connectivity index (χ0v) is 14.8. The Labute approximate surface area is 156 Å². The first-order valence-corrected chi connectivity index (χ1v) is 9.46. The zero-order valence-electron chi connectivity index (χ0n) is 14.8. The van der Waals surface area contributed by atoms with Crippen molar-refractivity contribution in [3.63, 3.8) is 0 Å². The first-order chi connectivity index (χ1) is 12.8. The molecule has 1 saturated carbocycles. The van der Waals surface area contributed by atoms with Crippen LogP contribution in [-0.4, -0.2) is 17.4 Å². The van der Waals surface area contributed by atoms with Crippen LogP contribution in [0, 0.1) is 5.92 Å². The summed E-state index contributed by atoms with van der Waals surface area (Å²) in [5.41, 5.74) is 12.1. The molecule has 0 saturated heterocycles. The van der Waals surface area contributed by atoms with Crippen molar-refractivity contribution in [3.8, 4) is 11.3 Å². The van der Waals surface area contributed by atoms with Gasteiger partial charge in [-0.15, -0.1) is 5.53 Å². The standard InChI is InChI=1S/C20H25N5O.2H2/c26-20(21-12-11-14-5-2-1-3-6-14)16-8-4-7-15(13-16)17-9-10-18-19(22-17)24-25-23-18;;/h4,7-10,13-14,23,25H,1-3,5-6,11-12H2,(H,21,26)(H,22,24);2*1H. The van der Waals surface area contributed by atoms with Crippen molar-refractivity contribution >= 4 is 17.4 Å². The van der Waals surface area contributed by atoms with Crippen LogP contribution >= 0.6 is 0 Å². The van der Waals surface area contributed by atoms with E-state index in [2.05, 4.69) is 26.7 Å². The molecule has 0 radical (unpaired) electrons. The molecule has 0 spiro atoms. The van der Waals surface area contributed by atoms with Crippen LogP contribution < -0.4 is 21.7 Å². The van der Waals surface area contributed by atoms with E-state index < -0.39 is 0 Å². The topological polar surface area (TPSA) is 78.1 Å². The van der Waals surface area contributed by atoms with Gasteiger partial charge in [-0.25, -0.2) is 4.98 Å². The fraction of sp³-hybridized carbons (Fsp3) is 0.400. The number of rotatable bonds is 5. The fourth-order valence-electron chi connectivity index (χ4n) is 3.76. The van der Waals surface area contributed by atoms with Crippen LogP contribution in [0.4, 0.5) is 11.5 Å². The first kappa shape index (κ1) is 16.8. The largest absolute Gasteiger partial charge is 0.352 e. The lowest BCUT2D eigenvalue weighted by Gasteiger charge is -2.21. The summed E-state index contributed by atoms with van der Waals surface area (Å²) in [4.78, 5) is 17.1. The third kappa shape index (κ3) is 3.80. The molecule has 26 heavy (non-hydrogen) atoms. The number of hydrogen-bond acceptors (Lipinski definition) is 5. The number of pyridine rings is 1. The van der Waals surface area contributed by atoms with Gasteiger partial charge in [0, 0.05) is 20.5 Å². The SMILES string of the molecule is O=C(NCCC1CCCCC1)c1cccc(-c2ccc3c(n2)NNN3)c1.[HH].[HH]. The quantitative estimate of drug-likeness (QED) is 0.647. The average Bonchev–Trinajstić information content (AvgIpc) is 3.16. The molecule has 1 fully saturated rings. The number of nitrogens with zero attached hydrogens (tertiary/aromatic N) is 1. The highest BCUT2D eigenvalue weighted by Crippen LogP contribution is 2.27. The van der Waals surface area contributed by atoms with E-state index in [9.17, 15) is 4.79 Å². The summed E-state index contributed by atoms with van der Waals surface area (Å²) in [6.07, 6.45) is 7.76. The summed E-state index contributed by atoms with van der Waals surface area (Å²) in [6.45, 7) is 0.756. The summed E-state index contributed by atoms with van der Waals surface area (Å²) in [5.74, 6) is 1.52. The Morgan fingerprint density at radius 3 is 2.92 bits per heavy atom. The molecule has 1 aromatic carbocycles. The number of benzene rings is 1. The highest BCUT2D eigenvalue weighted by atomic mass is 16.1. The number of fused-ring (bicyclic) bond motifs is 1. The first-order valence-electron chi connectivity index (χ1n) is 9.46. The van der Waals surface area contributed by atoms with Crippen LogP contribution in [0.3, 0.4) is 0 Å². The van der Waals surface area contributed by atoms with Gasteiger partial charge in [0.1, 0.15) is 0 Å². The maximum Gasteiger partial charge on any atom is 0.251 e. The number of aromatic nitrogens is 1. The summed E-state index contributed by atoms with van der Waals surface area (Å²) < 4.78 is 0. The second-order valence-corrected chi connectivity index (χ2v) is 7.10.